The number of halogens is 1. The largest absolute Gasteiger partial charge is 0.447 e. The molecule has 0 bridgehead atoms. The van der Waals surface area contributed by atoms with Gasteiger partial charge in [0.2, 0.25) is 5.95 Å². The monoisotopic (exact) mass is 360 g/mol. The van der Waals surface area contributed by atoms with Gasteiger partial charge in [-0.25, -0.2) is 9.78 Å². The van der Waals surface area contributed by atoms with E-state index in [1.807, 2.05) is 31.2 Å². The maximum absolute atomic E-state index is 12.1. The molecule has 1 N–H and O–H groups in total. The van der Waals surface area contributed by atoms with E-state index in [9.17, 15) is 4.79 Å². The molecule has 1 aromatic heterocycles. The number of hydrogen-bond acceptors (Lipinski definition) is 5. The van der Waals surface area contributed by atoms with E-state index < -0.39 is 0 Å². The predicted molar refractivity (Wildman–Crippen MR) is 98.0 cm³/mol. The smallest absolute Gasteiger partial charge is 0.415 e. The van der Waals surface area contributed by atoms with Crippen molar-refractivity contribution in [3.05, 3.63) is 47.1 Å². The van der Waals surface area contributed by atoms with Crippen LogP contribution in [0.25, 0.3) is 0 Å². The summed E-state index contributed by atoms with van der Waals surface area (Å²) in [5.74, 6) is 1.27. The number of nitrogens with one attached hydrogen (secondary N) is 1. The SMILES string of the molecule is CC(C)C1COC(=O)N1c1ccnc(N[C@@H](C)c2ccc(Cl)cc2)n1. The van der Waals surface area contributed by atoms with Crippen molar-refractivity contribution < 1.29 is 9.53 Å². The zero-order valence-corrected chi connectivity index (χ0v) is 15.2. The maximum atomic E-state index is 12.1. The Morgan fingerprint density at radius 3 is 2.64 bits per heavy atom. The Labute approximate surface area is 152 Å². The van der Waals surface area contributed by atoms with Gasteiger partial charge < -0.3 is 10.1 Å². The Kier molecular flexibility index (Phi) is 5.08. The van der Waals surface area contributed by atoms with Gasteiger partial charge in [0.05, 0.1) is 12.1 Å². The first-order chi connectivity index (χ1) is 12.0. The minimum atomic E-state index is -0.367. The van der Waals surface area contributed by atoms with Crippen molar-refractivity contribution in [3.8, 4) is 0 Å². The number of hydrogen-bond donors (Lipinski definition) is 1. The summed E-state index contributed by atoms with van der Waals surface area (Å²) in [6, 6.07) is 9.30. The predicted octanol–water partition coefficient (Wildman–Crippen LogP) is 4.28. The van der Waals surface area contributed by atoms with Crippen LogP contribution in [0.5, 0.6) is 0 Å². The summed E-state index contributed by atoms with van der Waals surface area (Å²) in [5.41, 5.74) is 1.07. The van der Waals surface area contributed by atoms with Crippen molar-refractivity contribution in [3.63, 3.8) is 0 Å². The highest BCUT2D eigenvalue weighted by atomic mass is 35.5. The molecule has 3 rings (SSSR count). The van der Waals surface area contributed by atoms with Crippen LogP contribution >= 0.6 is 11.6 Å². The Balaban J connectivity index is 1.79. The van der Waals surface area contributed by atoms with E-state index in [0.717, 1.165) is 5.56 Å². The van der Waals surface area contributed by atoms with E-state index in [-0.39, 0.29) is 24.1 Å². The molecule has 2 atom stereocenters. The summed E-state index contributed by atoms with van der Waals surface area (Å²) in [6.45, 7) is 6.51. The molecule has 0 radical (unpaired) electrons. The van der Waals surface area contributed by atoms with Gasteiger partial charge in [0.25, 0.3) is 0 Å². The van der Waals surface area contributed by atoms with E-state index >= 15 is 0 Å². The number of carbonyl (C=O) groups excluding carboxylic acids is 1. The van der Waals surface area contributed by atoms with Gasteiger partial charge in [-0.1, -0.05) is 37.6 Å². The van der Waals surface area contributed by atoms with Gasteiger partial charge in [-0.15, -0.1) is 0 Å². The lowest BCUT2D eigenvalue weighted by atomic mass is 10.0. The standard InChI is InChI=1S/C18H21ClN4O2/c1-11(2)15-10-25-18(24)23(15)16-8-9-20-17(22-16)21-12(3)13-4-6-14(19)7-5-13/h4-9,11-12,15H,10H2,1-3H3,(H,20,21,22)/t12-,15?/m0/s1. The molecule has 1 unspecified atom stereocenters. The van der Waals surface area contributed by atoms with E-state index in [1.165, 1.54) is 0 Å². The first kappa shape index (κ1) is 17.5. The molecule has 7 heteroatoms. The van der Waals surface area contributed by atoms with E-state index in [4.69, 9.17) is 16.3 Å². The summed E-state index contributed by atoms with van der Waals surface area (Å²) >= 11 is 5.93. The fourth-order valence-electron chi connectivity index (χ4n) is 2.77. The Morgan fingerprint density at radius 1 is 1.24 bits per heavy atom. The highest BCUT2D eigenvalue weighted by Gasteiger charge is 2.37. The maximum Gasteiger partial charge on any atom is 0.415 e. The van der Waals surface area contributed by atoms with Gasteiger partial charge in [-0.05, 0) is 36.6 Å². The third kappa shape index (κ3) is 3.85. The quantitative estimate of drug-likeness (QED) is 0.861. The highest BCUT2D eigenvalue weighted by molar-refractivity contribution is 6.30. The van der Waals surface area contributed by atoms with Crippen LogP contribution in [0, 0.1) is 5.92 Å². The van der Waals surface area contributed by atoms with Crippen molar-refractivity contribution in [2.75, 3.05) is 16.8 Å². The Morgan fingerprint density at radius 2 is 1.96 bits per heavy atom. The van der Waals surface area contributed by atoms with Gasteiger partial charge in [0.1, 0.15) is 12.4 Å². The molecule has 0 saturated carbocycles. The van der Waals surface area contributed by atoms with Gasteiger partial charge >= 0.3 is 6.09 Å². The molecule has 25 heavy (non-hydrogen) atoms. The molecular weight excluding hydrogens is 340 g/mol. The van der Waals surface area contributed by atoms with Crippen molar-refractivity contribution >= 4 is 29.5 Å². The third-order valence-corrected chi connectivity index (χ3v) is 4.53. The van der Waals surface area contributed by atoms with Crippen LogP contribution in [0.3, 0.4) is 0 Å². The summed E-state index contributed by atoms with van der Waals surface area (Å²) in [7, 11) is 0. The molecule has 1 fully saturated rings. The molecule has 0 spiro atoms. The molecule has 0 aliphatic carbocycles. The molecule has 1 aliphatic heterocycles. The van der Waals surface area contributed by atoms with Crippen LogP contribution in [0.15, 0.2) is 36.5 Å². The number of anilines is 2. The van der Waals surface area contributed by atoms with Gasteiger partial charge in [0.15, 0.2) is 0 Å². The molecule has 2 aromatic rings. The fraction of sp³-hybridized carbons (Fsp3) is 0.389. The molecule has 1 amide bonds. The lowest BCUT2D eigenvalue weighted by Gasteiger charge is -2.23. The Hall–Kier alpha value is -2.34. The lowest BCUT2D eigenvalue weighted by Crippen LogP contribution is -2.37. The molecule has 2 heterocycles. The lowest BCUT2D eigenvalue weighted by molar-refractivity contribution is 0.177. The van der Waals surface area contributed by atoms with Crippen LogP contribution in [0.1, 0.15) is 32.4 Å². The number of rotatable bonds is 5. The number of cyclic esters (lactones) is 1. The van der Waals surface area contributed by atoms with E-state index in [0.29, 0.717) is 23.4 Å². The summed E-state index contributed by atoms with van der Waals surface area (Å²) < 4.78 is 5.19. The van der Waals surface area contributed by atoms with Crippen molar-refractivity contribution in [1.29, 1.82) is 0 Å². The number of ether oxygens (including phenoxy) is 1. The van der Waals surface area contributed by atoms with Crippen LogP contribution < -0.4 is 10.2 Å². The average molecular weight is 361 g/mol. The van der Waals surface area contributed by atoms with Gasteiger partial charge in [-0.3, -0.25) is 4.90 Å². The van der Waals surface area contributed by atoms with Crippen molar-refractivity contribution in [2.24, 2.45) is 5.92 Å². The minimum Gasteiger partial charge on any atom is -0.447 e. The first-order valence-corrected chi connectivity index (χ1v) is 8.64. The molecule has 1 aromatic carbocycles. The summed E-state index contributed by atoms with van der Waals surface area (Å²) in [6.07, 6.45) is 1.27. The van der Waals surface area contributed by atoms with Crippen LogP contribution in [-0.4, -0.2) is 28.7 Å². The molecule has 1 saturated heterocycles. The van der Waals surface area contributed by atoms with Crippen molar-refractivity contribution in [2.45, 2.75) is 32.9 Å². The summed E-state index contributed by atoms with van der Waals surface area (Å²) in [5, 5.41) is 3.95. The number of aromatic nitrogens is 2. The number of carbonyl (C=O) groups is 1. The molecular formula is C18H21ClN4O2. The van der Waals surface area contributed by atoms with Crippen LogP contribution in [0.2, 0.25) is 5.02 Å². The second-order valence-electron chi connectivity index (χ2n) is 6.41. The van der Waals surface area contributed by atoms with Crippen LogP contribution in [0.4, 0.5) is 16.6 Å². The number of nitrogens with zero attached hydrogens (tertiary/aromatic N) is 3. The van der Waals surface area contributed by atoms with Crippen LogP contribution in [-0.2, 0) is 4.74 Å². The Bertz CT molecular complexity index is 751. The van der Waals surface area contributed by atoms with Gasteiger partial charge in [0, 0.05) is 11.2 Å². The highest BCUT2D eigenvalue weighted by Crippen LogP contribution is 2.26. The fourth-order valence-corrected chi connectivity index (χ4v) is 2.90. The average Bonchev–Trinajstić information content (AvgIpc) is 2.97. The zero-order chi connectivity index (χ0) is 18.0. The summed E-state index contributed by atoms with van der Waals surface area (Å²) in [4.78, 5) is 22.4. The molecule has 6 nitrogen and oxygen atoms in total. The third-order valence-electron chi connectivity index (χ3n) is 4.28. The zero-order valence-electron chi connectivity index (χ0n) is 14.4. The van der Waals surface area contributed by atoms with E-state index in [1.54, 1.807) is 17.2 Å². The minimum absolute atomic E-state index is 0.000980. The number of benzene rings is 1. The van der Waals surface area contributed by atoms with Crippen molar-refractivity contribution in [1.82, 2.24) is 9.97 Å². The first-order valence-electron chi connectivity index (χ1n) is 8.26. The molecule has 1 aliphatic rings. The van der Waals surface area contributed by atoms with E-state index in [2.05, 4.69) is 29.1 Å². The molecule has 132 valence electrons. The second kappa shape index (κ2) is 7.27. The normalized spacial score (nSPS) is 18.4. The second-order valence-corrected chi connectivity index (χ2v) is 6.85. The number of amides is 1. The topological polar surface area (TPSA) is 67.3 Å². The van der Waals surface area contributed by atoms with Gasteiger partial charge in [-0.2, -0.15) is 4.98 Å².